The largest absolute Gasteiger partial charge is 0.341 e. The van der Waals surface area contributed by atoms with Gasteiger partial charge in [0.05, 0.1) is 5.25 Å². The van der Waals surface area contributed by atoms with Crippen LogP contribution in [0.15, 0.2) is 4.34 Å². The van der Waals surface area contributed by atoms with Gasteiger partial charge in [-0.15, -0.1) is 10.2 Å². The lowest BCUT2D eigenvalue weighted by Crippen LogP contribution is -2.34. The molecule has 0 radical (unpaired) electrons. The van der Waals surface area contributed by atoms with E-state index in [1.807, 2.05) is 0 Å². The minimum atomic E-state index is -3.45. The Morgan fingerprint density at radius 2 is 2.11 bits per heavy atom. The molecule has 18 heavy (non-hydrogen) atoms. The van der Waals surface area contributed by atoms with E-state index in [4.69, 9.17) is 0 Å². The minimum absolute atomic E-state index is 0.0531. The highest BCUT2D eigenvalue weighted by atomic mass is 32.2. The van der Waals surface area contributed by atoms with Crippen molar-refractivity contribution in [1.29, 1.82) is 0 Å². The molecule has 1 rings (SSSR count). The first-order valence-electron chi connectivity index (χ1n) is 5.37. The fraction of sp³-hybridized carbons (Fsp3) is 0.667. The molecule has 102 valence electrons. The maximum atomic E-state index is 12.0. The third-order valence-electron chi connectivity index (χ3n) is 2.55. The van der Waals surface area contributed by atoms with Gasteiger partial charge in [-0.1, -0.05) is 18.3 Å². The van der Waals surface area contributed by atoms with Gasteiger partial charge in [-0.25, -0.2) is 13.2 Å². The van der Waals surface area contributed by atoms with Gasteiger partial charge in [0.1, 0.15) is 0 Å². The van der Waals surface area contributed by atoms with Crippen molar-refractivity contribution in [2.45, 2.75) is 29.9 Å². The highest BCUT2D eigenvalue weighted by Gasteiger charge is 2.27. The molecule has 1 N–H and O–H groups in total. The van der Waals surface area contributed by atoms with E-state index in [1.54, 1.807) is 13.8 Å². The predicted octanol–water partition coefficient (Wildman–Crippen LogP) is 0.886. The normalized spacial score (nSPS) is 13.1. The van der Waals surface area contributed by atoms with Crippen LogP contribution in [-0.4, -0.2) is 44.0 Å². The molecule has 1 atom stereocenters. The molecule has 1 unspecified atom stereocenters. The number of carbonyl (C=O) groups excluding carboxylic acids is 1. The Bertz CT molecular complexity index is 526. The highest BCUT2D eigenvalue weighted by molar-refractivity contribution is 7.94. The lowest BCUT2D eigenvalue weighted by molar-refractivity contribution is 0.249. The number of aromatic nitrogens is 2. The molecule has 0 aromatic carbocycles. The van der Waals surface area contributed by atoms with Crippen molar-refractivity contribution in [2.75, 3.05) is 19.0 Å². The Hall–Kier alpha value is -1.22. The molecule has 2 amide bonds. The first kappa shape index (κ1) is 14.8. The van der Waals surface area contributed by atoms with Gasteiger partial charge in [0.2, 0.25) is 19.3 Å². The van der Waals surface area contributed by atoms with Crippen molar-refractivity contribution in [3.8, 4) is 0 Å². The molecule has 0 spiro atoms. The molecular formula is C9H16N4O3S2. The van der Waals surface area contributed by atoms with Gasteiger partial charge < -0.3 is 5.32 Å². The molecular weight excluding hydrogens is 276 g/mol. The van der Waals surface area contributed by atoms with Gasteiger partial charge in [-0.2, -0.15) is 0 Å². The molecule has 1 heterocycles. The van der Waals surface area contributed by atoms with Crippen LogP contribution in [0.1, 0.15) is 20.3 Å². The maximum absolute atomic E-state index is 12.0. The van der Waals surface area contributed by atoms with E-state index in [9.17, 15) is 13.2 Å². The summed E-state index contributed by atoms with van der Waals surface area (Å²) in [5.74, 6) is 0. The third kappa shape index (κ3) is 2.78. The number of nitrogens with one attached hydrogen (secondary N) is 1. The second-order valence-corrected chi connectivity index (χ2v) is 7.22. The topological polar surface area (TPSA) is 92.3 Å². The summed E-state index contributed by atoms with van der Waals surface area (Å²) in [4.78, 5) is 12.6. The molecule has 0 aliphatic heterocycles. The summed E-state index contributed by atoms with van der Waals surface area (Å²) >= 11 is 0.890. The zero-order chi connectivity index (χ0) is 13.9. The Morgan fingerprint density at radius 1 is 1.50 bits per heavy atom. The zero-order valence-corrected chi connectivity index (χ0v) is 12.3. The number of amides is 2. The summed E-state index contributed by atoms with van der Waals surface area (Å²) in [6.45, 7) is 3.42. The Balaban J connectivity index is 3.04. The van der Waals surface area contributed by atoms with Crippen LogP contribution >= 0.6 is 11.3 Å². The third-order valence-corrected chi connectivity index (χ3v) is 6.25. The molecule has 0 aliphatic rings. The van der Waals surface area contributed by atoms with Crippen molar-refractivity contribution in [2.24, 2.45) is 0 Å². The lowest BCUT2D eigenvalue weighted by Gasteiger charge is -2.11. The first-order valence-corrected chi connectivity index (χ1v) is 7.73. The van der Waals surface area contributed by atoms with Crippen LogP contribution in [0.25, 0.3) is 0 Å². The first-order chi connectivity index (χ1) is 8.34. The van der Waals surface area contributed by atoms with Crippen molar-refractivity contribution in [3.05, 3.63) is 0 Å². The molecule has 0 saturated heterocycles. The van der Waals surface area contributed by atoms with Gasteiger partial charge in [0, 0.05) is 14.1 Å². The van der Waals surface area contributed by atoms with E-state index in [0.29, 0.717) is 6.42 Å². The summed E-state index contributed by atoms with van der Waals surface area (Å²) in [7, 11) is -0.466. The highest BCUT2D eigenvalue weighted by Crippen LogP contribution is 2.26. The molecule has 0 saturated carbocycles. The van der Waals surface area contributed by atoms with Crippen molar-refractivity contribution in [3.63, 3.8) is 0 Å². The number of sulfone groups is 1. The van der Waals surface area contributed by atoms with Gasteiger partial charge in [-0.3, -0.25) is 4.90 Å². The zero-order valence-electron chi connectivity index (χ0n) is 10.7. The number of nitrogens with zero attached hydrogens (tertiary/aromatic N) is 3. The fourth-order valence-corrected chi connectivity index (χ4v) is 3.76. The molecule has 0 bridgehead atoms. The summed E-state index contributed by atoms with van der Waals surface area (Å²) < 4.78 is 24.0. The van der Waals surface area contributed by atoms with Gasteiger partial charge in [0.25, 0.3) is 0 Å². The van der Waals surface area contributed by atoms with E-state index in [-0.39, 0.29) is 15.5 Å². The Kier molecular flexibility index (Phi) is 4.63. The maximum Gasteiger partial charge on any atom is 0.323 e. The number of carbonyl (C=O) groups is 1. The number of hydrogen-bond acceptors (Lipinski definition) is 6. The van der Waals surface area contributed by atoms with E-state index in [0.717, 1.165) is 11.3 Å². The summed E-state index contributed by atoms with van der Waals surface area (Å²) in [6.07, 6.45) is 0.503. The molecule has 0 aliphatic carbocycles. The quantitative estimate of drug-likeness (QED) is 0.832. The van der Waals surface area contributed by atoms with Crippen molar-refractivity contribution >= 4 is 32.3 Å². The molecule has 1 aromatic heterocycles. The number of hydrogen-bond donors (Lipinski definition) is 1. The average Bonchev–Trinajstić information content (AvgIpc) is 2.85. The number of urea groups is 1. The smallest absolute Gasteiger partial charge is 0.323 e. The van der Waals surface area contributed by atoms with Crippen LogP contribution < -0.4 is 10.2 Å². The minimum Gasteiger partial charge on any atom is -0.341 e. The summed E-state index contributed by atoms with van der Waals surface area (Å²) in [5, 5.41) is 9.53. The standard InChI is InChI=1S/C9H16N4O3S2/c1-5-6(2)18(15,16)9-12-11-8(17-9)13(4)7(14)10-3/h6H,5H2,1-4H3,(H,10,14). The van der Waals surface area contributed by atoms with Crippen molar-refractivity contribution < 1.29 is 13.2 Å². The average molecular weight is 292 g/mol. The molecule has 7 nitrogen and oxygen atoms in total. The van der Waals surface area contributed by atoms with Crippen LogP contribution in [0.3, 0.4) is 0 Å². The predicted molar refractivity (Wildman–Crippen MR) is 69.7 cm³/mol. The van der Waals surface area contributed by atoms with E-state index >= 15 is 0 Å². The lowest BCUT2D eigenvalue weighted by atomic mass is 10.4. The van der Waals surface area contributed by atoms with Gasteiger partial charge in [0.15, 0.2) is 0 Å². The number of rotatable bonds is 4. The molecule has 1 aromatic rings. The monoisotopic (exact) mass is 292 g/mol. The van der Waals surface area contributed by atoms with Crippen LogP contribution in [0, 0.1) is 0 Å². The van der Waals surface area contributed by atoms with Crippen LogP contribution in [0.4, 0.5) is 9.93 Å². The van der Waals surface area contributed by atoms with E-state index < -0.39 is 15.1 Å². The fourth-order valence-electron chi connectivity index (χ4n) is 1.10. The Labute approximate surface area is 110 Å². The second kappa shape index (κ2) is 5.61. The van der Waals surface area contributed by atoms with E-state index in [1.165, 1.54) is 19.0 Å². The second-order valence-electron chi connectivity index (χ2n) is 3.73. The summed E-state index contributed by atoms with van der Waals surface area (Å²) in [5.41, 5.74) is 0. The Morgan fingerprint density at radius 3 is 2.61 bits per heavy atom. The van der Waals surface area contributed by atoms with Crippen molar-refractivity contribution in [1.82, 2.24) is 15.5 Å². The van der Waals surface area contributed by atoms with Gasteiger partial charge in [-0.05, 0) is 13.3 Å². The van der Waals surface area contributed by atoms with Crippen LogP contribution in [0.5, 0.6) is 0 Å². The van der Waals surface area contributed by atoms with E-state index in [2.05, 4.69) is 15.5 Å². The number of anilines is 1. The van der Waals surface area contributed by atoms with Gasteiger partial charge >= 0.3 is 6.03 Å². The SMILES string of the molecule is CCC(C)S(=O)(=O)c1nnc(N(C)C(=O)NC)s1. The summed E-state index contributed by atoms with van der Waals surface area (Å²) in [6, 6.07) is -0.376. The molecule has 0 fully saturated rings. The van der Waals surface area contributed by atoms with Crippen LogP contribution in [0.2, 0.25) is 0 Å². The van der Waals surface area contributed by atoms with Crippen LogP contribution in [-0.2, 0) is 9.84 Å². The molecule has 9 heteroatoms.